The van der Waals surface area contributed by atoms with Crippen molar-refractivity contribution >= 4 is 0 Å². The van der Waals surface area contributed by atoms with E-state index in [9.17, 15) is 5.11 Å². The van der Waals surface area contributed by atoms with Crippen molar-refractivity contribution in [2.24, 2.45) is 5.11 Å². The van der Waals surface area contributed by atoms with Crippen molar-refractivity contribution in [3.63, 3.8) is 0 Å². The average molecular weight is 249 g/mol. The molecule has 0 amide bonds. The largest absolute Gasteiger partial charge is 0.490 e. The summed E-state index contributed by atoms with van der Waals surface area (Å²) in [6.45, 7) is 1.53. The minimum atomic E-state index is -0.660. The molecule has 0 fully saturated rings. The van der Waals surface area contributed by atoms with E-state index in [2.05, 4.69) is 10.0 Å². The van der Waals surface area contributed by atoms with Gasteiger partial charge in [0.2, 0.25) is 0 Å². The molecule has 6 heteroatoms. The highest BCUT2D eigenvalue weighted by Crippen LogP contribution is 2.32. The number of nitrogens with zero attached hydrogens (tertiary/aromatic N) is 3. The van der Waals surface area contributed by atoms with Gasteiger partial charge in [-0.25, -0.2) is 0 Å². The summed E-state index contributed by atoms with van der Waals surface area (Å²) in [6.07, 6.45) is 0.584. The fourth-order valence-corrected chi connectivity index (χ4v) is 1.78. The first-order valence-electron chi connectivity index (χ1n) is 5.89. The van der Waals surface area contributed by atoms with Gasteiger partial charge in [-0.05, 0) is 29.6 Å². The normalized spacial score (nSPS) is 15.4. The van der Waals surface area contributed by atoms with Crippen LogP contribution in [-0.4, -0.2) is 24.9 Å². The highest BCUT2D eigenvalue weighted by Gasteiger charge is 2.14. The van der Waals surface area contributed by atoms with Crippen molar-refractivity contribution in [3.8, 4) is 11.5 Å². The summed E-state index contributed by atoms with van der Waals surface area (Å²) in [6, 6.07) is 5.38. The molecule has 0 radical (unpaired) electrons. The zero-order valence-electron chi connectivity index (χ0n) is 9.95. The molecule has 1 heterocycles. The van der Waals surface area contributed by atoms with Crippen LogP contribution in [0.15, 0.2) is 23.3 Å². The smallest absolute Gasteiger partial charge is 0.161 e. The maximum atomic E-state index is 9.94. The SMILES string of the molecule is [N-]=[N+]=NCCC(O)c1ccc2c(c1)OCCCO2. The van der Waals surface area contributed by atoms with E-state index in [1.165, 1.54) is 0 Å². The summed E-state index contributed by atoms with van der Waals surface area (Å²) in [5.74, 6) is 1.37. The van der Waals surface area contributed by atoms with Crippen molar-refractivity contribution in [1.29, 1.82) is 0 Å². The Kier molecular flexibility index (Phi) is 4.28. The summed E-state index contributed by atoms with van der Waals surface area (Å²) < 4.78 is 11.1. The maximum Gasteiger partial charge on any atom is 0.161 e. The summed E-state index contributed by atoms with van der Waals surface area (Å²) in [7, 11) is 0. The van der Waals surface area contributed by atoms with Crippen LogP contribution in [-0.2, 0) is 0 Å². The average Bonchev–Trinajstić information content (AvgIpc) is 2.63. The van der Waals surface area contributed by atoms with E-state index in [1.54, 1.807) is 18.2 Å². The van der Waals surface area contributed by atoms with Crippen LogP contribution in [0.3, 0.4) is 0 Å². The third-order valence-electron chi connectivity index (χ3n) is 2.72. The van der Waals surface area contributed by atoms with Crippen LogP contribution in [0.25, 0.3) is 10.4 Å². The van der Waals surface area contributed by atoms with Gasteiger partial charge in [-0.3, -0.25) is 0 Å². The van der Waals surface area contributed by atoms with Gasteiger partial charge in [0.25, 0.3) is 0 Å². The van der Waals surface area contributed by atoms with Gasteiger partial charge >= 0.3 is 0 Å². The van der Waals surface area contributed by atoms with E-state index in [-0.39, 0.29) is 6.54 Å². The van der Waals surface area contributed by atoms with Crippen LogP contribution in [0.2, 0.25) is 0 Å². The minimum absolute atomic E-state index is 0.270. The van der Waals surface area contributed by atoms with Gasteiger partial charge in [-0.2, -0.15) is 0 Å². The number of rotatable bonds is 4. The zero-order chi connectivity index (χ0) is 12.8. The van der Waals surface area contributed by atoms with Gasteiger partial charge in [0.05, 0.1) is 19.3 Å². The maximum absolute atomic E-state index is 9.94. The van der Waals surface area contributed by atoms with Crippen LogP contribution in [0.1, 0.15) is 24.5 Å². The predicted octanol–water partition coefficient (Wildman–Crippen LogP) is 2.58. The lowest BCUT2D eigenvalue weighted by molar-refractivity contribution is 0.169. The van der Waals surface area contributed by atoms with Crippen molar-refractivity contribution in [2.45, 2.75) is 18.9 Å². The van der Waals surface area contributed by atoms with Crippen LogP contribution in [0, 0.1) is 0 Å². The minimum Gasteiger partial charge on any atom is -0.490 e. The van der Waals surface area contributed by atoms with Crippen molar-refractivity contribution in [3.05, 3.63) is 34.2 Å². The lowest BCUT2D eigenvalue weighted by atomic mass is 10.1. The van der Waals surface area contributed by atoms with Crippen molar-refractivity contribution in [1.82, 2.24) is 0 Å². The van der Waals surface area contributed by atoms with E-state index < -0.39 is 6.10 Å². The second-order valence-electron chi connectivity index (χ2n) is 4.02. The first kappa shape index (κ1) is 12.5. The molecule has 1 aliphatic heterocycles. The van der Waals surface area contributed by atoms with Crippen LogP contribution < -0.4 is 9.47 Å². The molecule has 1 aromatic carbocycles. The van der Waals surface area contributed by atoms with E-state index in [1.807, 2.05) is 0 Å². The van der Waals surface area contributed by atoms with Crippen LogP contribution in [0.4, 0.5) is 0 Å². The van der Waals surface area contributed by atoms with Gasteiger partial charge in [0.1, 0.15) is 0 Å². The first-order valence-corrected chi connectivity index (χ1v) is 5.89. The molecule has 1 aromatic rings. The Morgan fingerprint density at radius 1 is 1.33 bits per heavy atom. The molecule has 0 aromatic heterocycles. The number of aliphatic hydroxyl groups is 1. The summed E-state index contributed by atoms with van der Waals surface area (Å²) in [5.41, 5.74) is 8.92. The first-order chi connectivity index (χ1) is 8.81. The van der Waals surface area contributed by atoms with Gasteiger partial charge in [0.15, 0.2) is 11.5 Å². The third-order valence-corrected chi connectivity index (χ3v) is 2.72. The van der Waals surface area contributed by atoms with E-state index in [0.29, 0.717) is 31.1 Å². The second kappa shape index (κ2) is 6.14. The standard InChI is InChI=1S/C12H15N3O3/c13-15-14-5-4-10(16)9-2-3-11-12(8-9)18-7-1-6-17-11/h2-3,8,10,16H,1,4-7H2. The Hall–Kier alpha value is -1.91. The Balaban J connectivity index is 2.09. The zero-order valence-corrected chi connectivity index (χ0v) is 9.95. The van der Waals surface area contributed by atoms with Gasteiger partial charge in [0, 0.05) is 17.9 Å². The lowest BCUT2D eigenvalue weighted by Crippen LogP contribution is -2.00. The van der Waals surface area contributed by atoms with Crippen molar-refractivity contribution in [2.75, 3.05) is 19.8 Å². The summed E-state index contributed by atoms with van der Waals surface area (Å²) >= 11 is 0. The summed E-state index contributed by atoms with van der Waals surface area (Å²) in [5, 5.41) is 13.3. The molecule has 18 heavy (non-hydrogen) atoms. The van der Waals surface area contributed by atoms with E-state index >= 15 is 0 Å². The molecular formula is C12H15N3O3. The fraction of sp³-hybridized carbons (Fsp3) is 0.500. The van der Waals surface area contributed by atoms with Gasteiger partial charge in [-0.15, -0.1) is 0 Å². The molecule has 0 saturated carbocycles. The lowest BCUT2D eigenvalue weighted by Gasteiger charge is -2.13. The summed E-state index contributed by atoms with van der Waals surface area (Å²) in [4.78, 5) is 2.65. The highest BCUT2D eigenvalue weighted by atomic mass is 16.5. The van der Waals surface area contributed by atoms with Gasteiger partial charge < -0.3 is 14.6 Å². The number of ether oxygens (including phenoxy) is 2. The van der Waals surface area contributed by atoms with Crippen molar-refractivity contribution < 1.29 is 14.6 Å². The molecule has 1 atom stereocenters. The molecule has 6 nitrogen and oxygen atoms in total. The Labute approximate surface area is 105 Å². The molecule has 1 aliphatic rings. The molecule has 0 aliphatic carbocycles. The quantitative estimate of drug-likeness (QED) is 0.505. The molecule has 0 spiro atoms. The van der Waals surface area contributed by atoms with E-state index in [0.717, 1.165) is 12.0 Å². The molecule has 96 valence electrons. The molecule has 0 bridgehead atoms. The Morgan fingerprint density at radius 2 is 2.11 bits per heavy atom. The van der Waals surface area contributed by atoms with E-state index in [4.69, 9.17) is 15.0 Å². The Morgan fingerprint density at radius 3 is 2.89 bits per heavy atom. The monoisotopic (exact) mass is 249 g/mol. The number of hydrogen-bond acceptors (Lipinski definition) is 4. The predicted molar refractivity (Wildman–Crippen MR) is 65.6 cm³/mol. The number of benzene rings is 1. The number of aliphatic hydroxyl groups excluding tert-OH is 1. The molecule has 0 saturated heterocycles. The number of fused-ring (bicyclic) bond motifs is 1. The fourth-order valence-electron chi connectivity index (χ4n) is 1.78. The van der Waals surface area contributed by atoms with Crippen LogP contribution in [0.5, 0.6) is 11.5 Å². The van der Waals surface area contributed by atoms with Crippen LogP contribution >= 0.6 is 0 Å². The molecule has 2 rings (SSSR count). The number of azide groups is 1. The molecule has 1 unspecified atom stereocenters. The topological polar surface area (TPSA) is 87.5 Å². The molecule has 1 N–H and O–H groups in total. The molecular weight excluding hydrogens is 234 g/mol. The second-order valence-corrected chi connectivity index (χ2v) is 4.02. The highest BCUT2D eigenvalue weighted by molar-refractivity contribution is 5.44. The third kappa shape index (κ3) is 3.06. The van der Waals surface area contributed by atoms with Gasteiger partial charge in [-0.1, -0.05) is 11.2 Å². The number of hydrogen-bond donors (Lipinski definition) is 1. The Bertz CT molecular complexity index is 458.